The number of rotatable bonds is 3. The summed E-state index contributed by atoms with van der Waals surface area (Å²) in [4.78, 5) is 4.57. The van der Waals surface area contributed by atoms with Crippen LogP contribution in [0.25, 0.3) is 0 Å². The number of benzene rings is 2. The van der Waals surface area contributed by atoms with Gasteiger partial charge in [-0.2, -0.15) is 0 Å². The van der Waals surface area contributed by atoms with E-state index in [1.54, 1.807) is 7.11 Å². The summed E-state index contributed by atoms with van der Waals surface area (Å²) in [6.45, 7) is 0.352. The van der Waals surface area contributed by atoms with Gasteiger partial charge in [0.2, 0.25) is 0 Å². The Hall–Kier alpha value is -2.14. The Balaban J connectivity index is 2.18. The summed E-state index contributed by atoms with van der Waals surface area (Å²) in [5.74, 6) is 0.626. The van der Waals surface area contributed by atoms with Crippen LogP contribution in [0.15, 0.2) is 47.5 Å². The van der Waals surface area contributed by atoms with Crippen LogP contribution < -0.4 is 15.9 Å². The van der Waals surface area contributed by atoms with Gasteiger partial charge >= 0.3 is 0 Å². The first-order valence-corrected chi connectivity index (χ1v) is 7.32. The van der Waals surface area contributed by atoms with Crippen molar-refractivity contribution in [3.8, 4) is 5.75 Å². The van der Waals surface area contributed by atoms with Gasteiger partial charge in [0.05, 0.1) is 12.1 Å². The maximum absolute atomic E-state index is 6.28. The highest BCUT2D eigenvalue weighted by molar-refractivity contribution is 6.32. The minimum Gasteiger partial charge on any atom is -0.495 e. The molecule has 112 valence electrons. The van der Waals surface area contributed by atoms with Gasteiger partial charge in [0.1, 0.15) is 20.2 Å². The topological polar surface area (TPSA) is 56.8 Å². The largest absolute Gasteiger partial charge is 0.495 e. The van der Waals surface area contributed by atoms with E-state index >= 15 is 0 Å². The minimum atomic E-state index is -0.675. The molecule has 22 heavy (non-hydrogen) atoms. The lowest BCUT2D eigenvalue weighted by Gasteiger charge is -2.26. The van der Waals surface area contributed by atoms with Gasteiger partial charge in [-0.1, -0.05) is 47.4 Å². The highest BCUT2D eigenvalue weighted by Gasteiger charge is 2.40. The molecule has 0 radical (unpaired) electrons. The standard InChI is InChI=1S/C16H16BClN2O2/c1-21-14-6-5-11(8-13(14)18)16(9-22-15(19)20-16)10-3-2-4-12(17)7-10/h2-8H,9,17H2,1H3,(H2,19,20). The molecule has 0 aromatic heterocycles. The van der Waals surface area contributed by atoms with Crippen LogP contribution in [0.5, 0.6) is 5.75 Å². The molecular formula is C16H16BClN2O2. The fourth-order valence-corrected chi connectivity index (χ4v) is 2.98. The fourth-order valence-electron chi connectivity index (χ4n) is 2.72. The monoisotopic (exact) mass is 314 g/mol. The van der Waals surface area contributed by atoms with Crippen molar-refractivity contribution in [2.24, 2.45) is 10.7 Å². The average molecular weight is 315 g/mol. The zero-order valence-electron chi connectivity index (χ0n) is 12.5. The number of nitrogens with two attached hydrogens (primary N) is 1. The number of halogens is 1. The SMILES string of the molecule is Bc1cccc(C2(c3ccc(OC)c(Cl)c3)COC(N)=N2)c1. The van der Waals surface area contributed by atoms with E-state index in [4.69, 9.17) is 26.8 Å². The molecule has 4 nitrogen and oxygen atoms in total. The molecular weight excluding hydrogens is 298 g/mol. The molecule has 0 bridgehead atoms. The predicted molar refractivity (Wildman–Crippen MR) is 91.0 cm³/mol. The highest BCUT2D eigenvalue weighted by Crippen LogP contribution is 2.39. The average Bonchev–Trinajstić information content (AvgIpc) is 2.90. The van der Waals surface area contributed by atoms with Gasteiger partial charge in [0.25, 0.3) is 6.02 Å². The van der Waals surface area contributed by atoms with Crippen LogP contribution in [-0.2, 0) is 10.3 Å². The van der Waals surface area contributed by atoms with Gasteiger partial charge in [-0.15, -0.1) is 0 Å². The van der Waals surface area contributed by atoms with Crippen LogP contribution in [0.4, 0.5) is 0 Å². The Morgan fingerprint density at radius 3 is 2.64 bits per heavy atom. The molecule has 0 saturated carbocycles. The quantitative estimate of drug-likeness (QED) is 0.866. The van der Waals surface area contributed by atoms with Crippen LogP contribution in [0.3, 0.4) is 0 Å². The van der Waals surface area contributed by atoms with E-state index in [0.717, 1.165) is 16.6 Å². The van der Waals surface area contributed by atoms with E-state index < -0.39 is 5.54 Å². The van der Waals surface area contributed by atoms with Crippen LogP contribution in [0, 0.1) is 0 Å². The Bertz CT molecular complexity index is 751. The smallest absolute Gasteiger partial charge is 0.283 e. The van der Waals surface area contributed by atoms with Crippen LogP contribution in [-0.4, -0.2) is 27.6 Å². The van der Waals surface area contributed by atoms with Crippen molar-refractivity contribution in [2.75, 3.05) is 13.7 Å². The Labute approximate surface area is 135 Å². The van der Waals surface area contributed by atoms with Crippen LogP contribution in [0.1, 0.15) is 11.1 Å². The summed E-state index contributed by atoms with van der Waals surface area (Å²) in [5.41, 5.74) is 8.21. The first-order chi connectivity index (χ1) is 10.5. The number of hydrogen-bond acceptors (Lipinski definition) is 4. The number of nitrogens with zero attached hydrogens (tertiary/aromatic N) is 1. The number of methoxy groups -OCH3 is 1. The number of hydrogen-bond donors (Lipinski definition) is 1. The maximum atomic E-state index is 6.28. The van der Waals surface area contributed by atoms with Gasteiger partial charge in [-0.05, 0) is 23.3 Å². The molecule has 0 fully saturated rings. The van der Waals surface area contributed by atoms with Crippen molar-refractivity contribution in [2.45, 2.75) is 5.54 Å². The van der Waals surface area contributed by atoms with E-state index in [-0.39, 0.29) is 6.02 Å². The van der Waals surface area contributed by atoms with Crippen LogP contribution >= 0.6 is 11.6 Å². The van der Waals surface area contributed by atoms with Gasteiger partial charge in [-0.25, -0.2) is 4.99 Å². The van der Waals surface area contributed by atoms with Gasteiger partial charge in [0, 0.05) is 0 Å². The molecule has 1 unspecified atom stereocenters. The molecule has 6 heteroatoms. The second kappa shape index (κ2) is 5.57. The van der Waals surface area contributed by atoms with Crippen molar-refractivity contribution in [3.63, 3.8) is 0 Å². The van der Waals surface area contributed by atoms with Crippen molar-refractivity contribution in [3.05, 3.63) is 58.6 Å². The van der Waals surface area contributed by atoms with Gasteiger partial charge in [0.15, 0.2) is 5.54 Å². The zero-order chi connectivity index (χ0) is 15.7. The molecule has 1 heterocycles. The maximum Gasteiger partial charge on any atom is 0.283 e. The molecule has 0 saturated heterocycles. The molecule has 2 aromatic rings. The minimum absolute atomic E-state index is 0.188. The van der Waals surface area contributed by atoms with E-state index in [9.17, 15) is 0 Å². The van der Waals surface area contributed by atoms with E-state index in [2.05, 4.69) is 11.1 Å². The lowest BCUT2D eigenvalue weighted by atomic mass is 9.81. The fraction of sp³-hybridized carbons (Fsp3) is 0.188. The summed E-state index contributed by atoms with van der Waals surface area (Å²) in [6.07, 6.45) is 0. The third-order valence-corrected chi connectivity index (χ3v) is 4.15. The molecule has 3 rings (SSSR count). The Morgan fingerprint density at radius 2 is 2.05 bits per heavy atom. The molecule has 1 aliphatic rings. The number of ether oxygens (including phenoxy) is 2. The van der Waals surface area contributed by atoms with Gasteiger partial charge < -0.3 is 15.2 Å². The second-order valence-corrected chi connectivity index (χ2v) is 5.72. The molecule has 0 amide bonds. The first kappa shape index (κ1) is 14.8. The zero-order valence-corrected chi connectivity index (χ0v) is 13.2. The third kappa shape index (κ3) is 2.42. The molecule has 2 aromatic carbocycles. The Kier molecular flexibility index (Phi) is 3.75. The summed E-state index contributed by atoms with van der Waals surface area (Å²) in [5, 5.41) is 0.535. The van der Waals surface area contributed by atoms with Crippen molar-refractivity contribution in [1.82, 2.24) is 0 Å². The van der Waals surface area contributed by atoms with E-state index in [1.807, 2.05) is 44.2 Å². The van der Waals surface area contributed by atoms with E-state index in [1.165, 1.54) is 0 Å². The normalized spacial score (nSPS) is 20.4. The summed E-state index contributed by atoms with van der Waals surface area (Å²) in [7, 11) is 3.63. The van der Waals surface area contributed by atoms with Crippen molar-refractivity contribution >= 4 is 30.9 Å². The van der Waals surface area contributed by atoms with Crippen molar-refractivity contribution < 1.29 is 9.47 Å². The van der Waals surface area contributed by atoms with Gasteiger partial charge in [-0.3, -0.25) is 0 Å². The van der Waals surface area contributed by atoms with Crippen molar-refractivity contribution in [1.29, 1.82) is 0 Å². The molecule has 1 atom stereocenters. The number of aliphatic imine (C=N–C) groups is 1. The summed E-state index contributed by atoms with van der Waals surface area (Å²) < 4.78 is 10.7. The molecule has 2 N–H and O–H groups in total. The van der Waals surface area contributed by atoms with Crippen LogP contribution in [0.2, 0.25) is 5.02 Å². The Morgan fingerprint density at radius 1 is 1.27 bits per heavy atom. The third-order valence-electron chi connectivity index (χ3n) is 3.85. The molecule has 0 spiro atoms. The molecule has 0 aliphatic carbocycles. The summed E-state index contributed by atoms with van der Waals surface area (Å²) in [6, 6.07) is 14.0. The lowest BCUT2D eigenvalue weighted by molar-refractivity contribution is 0.278. The lowest BCUT2D eigenvalue weighted by Crippen LogP contribution is -2.28. The van der Waals surface area contributed by atoms with E-state index in [0.29, 0.717) is 17.4 Å². The number of amidine groups is 1. The predicted octanol–water partition coefficient (Wildman–Crippen LogP) is 1.20. The highest BCUT2D eigenvalue weighted by atomic mass is 35.5. The first-order valence-electron chi connectivity index (χ1n) is 6.94. The second-order valence-electron chi connectivity index (χ2n) is 5.32. The molecule has 1 aliphatic heterocycles. The summed E-state index contributed by atoms with van der Waals surface area (Å²) >= 11 is 6.28.